The van der Waals surface area contributed by atoms with E-state index in [1.54, 1.807) is 0 Å². The number of hydrogen-bond acceptors (Lipinski definition) is 6. The minimum absolute atomic E-state index is 0.264. The molecular weight excluding hydrogens is 384 g/mol. The molecule has 0 radical (unpaired) electrons. The Morgan fingerprint density at radius 3 is 1.83 bits per heavy atom. The molecule has 0 aromatic rings. The lowest BCUT2D eigenvalue weighted by Gasteiger charge is -2.28. The van der Waals surface area contributed by atoms with Crippen molar-refractivity contribution in [3.8, 4) is 0 Å². The second kappa shape index (κ2) is 16.3. The summed E-state index contributed by atoms with van der Waals surface area (Å²) in [5.74, 6) is 1.07. The van der Waals surface area contributed by atoms with Crippen LogP contribution in [0.25, 0.3) is 0 Å². The third-order valence-electron chi connectivity index (χ3n) is 5.28. The van der Waals surface area contributed by atoms with Crippen LogP contribution >= 0.6 is 0 Å². The summed E-state index contributed by atoms with van der Waals surface area (Å²) in [7, 11) is 0. The molecule has 1 aliphatic carbocycles. The fourth-order valence-corrected chi connectivity index (χ4v) is 3.59. The van der Waals surface area contributed by atoms with Crippen molar-refractivity contribution in [3.05, 3.63) is 0 Å². The zero-order valence-electron chi connectivity index (χ0n) is 19.7. The van der Waals surface area contributed by atoms with Crippen molar-refractivity contribution in [2.75, 3.05) is 13.2 Å². The largest absolute Gasteiger partial charge is 0.508 e. The highest BCUT2D eigenvalue weighted by Crippen LogP contribution is 2.24. The monoisotopic (exact) mass is 428 g/mol. The van der Waals surface area contributed by atoms with Crippen molar-refractivity contribution >= 4 is 12.3 Å². The lowest BCUT2D eigenvalue weighted by molar-refractivity contribution is -0.0364. The van der Waals surface area contributed by atoms with Crippen molar-refractivity contribution in [2.45, 2.75) is 117 Å². The normalized spacial score (nSPS) is 19.0. The summed E-state index contributed by atoms with van der Waals surface area (Å²) in [5, 5.41) is 0. The van der Waals surface area contributed by atoms with Gasteiger partial charge in [-0.2, -0.15) is 0 Å². The van der Waals surface area contributed by atoms with Crippen molar-refractivity contribution in [1.29, 1.82) is 0 Å². The molecule has 0 aromatic carbocycles. The van der Waals surface area contributed by atoms with Crippen LogP contribution in [0, 0.1) is 11.8 Å². The Balaban J connectivity index is 2.03. The molecule has 2 unspecified atom stereocenters. The lowest BCUT2D eigenvalue weighted by atomic mass is 9.95. The number of hydrogen-bond donors (Lipinski definition) is 0. The summed E-state index contributed by atoms with van der Waals surface area (Å²) in [4.78, 5) is 23.6. The predicted octanol–water partition coefficient (Wildman–Crippen LogP) is 7.04. The van der Waals surface area contributed by atoms with Crippen LogP contribution in [0.3, 0.4) is 0 Å². The van der Waals surface area contributed by atoms with Crippen LogP contribution in [0.5, 0.6) is 0 Å². The average molecular weight is 429 g/mol. The fourth-order valence-electron chi connectivity index (χ4n) is 3.59. The van der Waals surface area contributed by atoms with Gasteiger partial charge in [0.2, 0.25) is 0 Å². The van der Waals surface area contributed by atoms with E-state index in [2.05, 4.69) is 13.8 Å². The molecule has 0 aliphatic heterocycles. The quantitative estimate of drug-likeness (QED) is 0.218. The molecule has 0 N–H and O–H groups in total. The Morgan fingerprint density at radius 2 is 1.27 bits per heavy atom. The van der Waals surface area contributed by atoms with Gasteiger partial charge in [-0.15, -0.1) is 0 Å². The molecule has 176 valence electrons. The molecule has 0 aromatic heterocycles. The highest BCUT2D eigenvalue weighted by atomic mass is 16.7. The second-order valence-electron chi connectivity index (χ2n) is 9.36. The van der Waals surface area contributed by atoms with Crippen LogP contribution in [0.4, 0.5) is 9.59 Å². The zero-order valence-corrected chi connectivity index (χ0v) is 19.7. The highest BCUT2D eigenvalue weighted by molar-refractivity contribution is 5.60. The fraction of sp³-hybridized carbons (Fsp3) is 0.917. The van der Waals surface area contributed by atoms with Gasteiger partial charge in [0, 0.05) is 6.42 Å². The van der Waals surface area contributed by atoms with Gasteiger partial charge in [0.25, 0.3) is 0 Å². The zero-order chi connectivity index (χ0) is 22.2. The van der Waals surface area contributed by atoms with E-state index < -0.39 is 12.3 Å². The van der Waals surface area contributed by atoms with Crippen LogP contribution in [0.1, 0.15) is 105 Å². The molecule has 0 spiro atoms. The minimum Gasteiger partial charge on any atom is -0.434 e. The molecule has 1 aliphatic rings. The van der Waals surface area contributed by atoms with E-state index in [1.165, 1.54) is 38.5 Å². The number of carbonyl (C=O) groups is 2. The molecule has 0 bridgehead atoms. The summed E-state index contributed by atoms with van der Waals surface area (Å²) < 4.78 is 21.0. The Kier molecular flexibility index (Phi) is 14.4. The smallest absolute Gasteiger partial charge is 0.434 e. The Bertz CT molecular complexity index is 463. The van der Waals surface area contributed by atoms with Crippen LogP contribution in [0.15, 0.2) is 0 Å². The molecular formula is C24H44O6. The molecule has 1 saturated carbocycles. The Morgan fingerprint density at radius 1 is 0.733 bits per heavy atom. The number of rotatable bonds is 14. The van der Waals surface area contributed by atoms with Gasteiger partial charge in [-0.1, -0.05) is 72.6 Å². The highest BCUT2D eigenvalue weighted by Gasteiger charge is 2.28. The minimum atomic E-state index is -0.642. The third-order valence-corrected chi connectivity index (χ3v) is 5.28. The van der Waals surface area contributed by atoms with Gasteiger partial charge in [-0.3, -0.25) is 0 Å². The molecule has 1 rings (SSSR count). The van der Waals surface area contributed by atoms with E-state index in [0.717, 1.165) is 38.0 Å². The SMILES string of the molecule is CC(C)CCCCCCCCCOC(=O)OC1CCCC(OC(=O)OCC(C)C)C1. The van der Waals surface area contributed by atoms with E-state index in [4.69, 9.17) is 18.9 Å². The number of carbonyl (C=O) groups excluding carboxylic acids is 2. The first-order valence-electron chi connectivity index (χ1n) is 12.0. The topological polar surface area (TPSA) is 71.1 Å². The maximum Gasteiger partial charge on any atom is 0.508 e. The molecule has 0 amide bonds. The van der Waals surface area contributed by atoms with Gasteiger partial charge in [0.05, 0.1) is 13.2 Å². The standard InChI is InChI=1S/C24H44O6/c1-19(2)13-10-8-6-5-7-9-11-16-27-23(25)29-21-14-12-15-22(17-21)30-24(26)28-18-20(3)4/h19-22H,5-18H2,1-4H3. The van der Waals surface area contributed by atoms with Gasteiger partial charge < -0.3 is 18.9 Å². The van der Waals surface area contributed by atoms with Gasteiger partial charge in [0.15, 0.2) is 0 Å². The van der Waals surface area contributed by atoms with Gasteiger partial charge in [-0.25, -0.2) is 9.59 Å². The van der Waals surface area contributed by atoms with E-state index >= 15 is 0 Å². The van der Waals surface area contributed by atoms with Crippen LogP contribution in [-0.4, -0.2) is 37.7 Å². The van der Waals surface area contributed by atoms with Crippen LogP contribution in [-0.2, 0) is 18.9 Å². The summed E-state index contributed by atoms with van der Waals surface area (Å²) in [6.45, 7) is 9.24. The molecule has 1 fully saturated rings. The van der Waals surface area contributed by atoms with Gasteiger partial charge >= 0.3 is 12.3 Å². The maximum atomic E-state index is 11.9. The molecule has 0 saturated heterocycles. The van der Waals surface area contributed by atoms with E-state index in [0.29, 0.717) is 19.6 Å². The first kappa shape index (κ1) is 26.6. The van der Waals surface area contributed by atoms with Crippen molar-refractivity contribution in [1.82, 2.24) is 0 Å². The van der Waals surface area contributed by atoms with Crippen molar-refractivity contribution < 1.29 is 28.5 Å². The molecule has 30 heavy (non-hydrogen) atoms. The van der Waals surface area contributed by atoms with E-state index in [1.807, 2.05) is 13.8 Å². The summed E-state index contributed by atoms with van der Waals surface area (Å²) in [6.07, 6.45) is 10.8. The van der Waals surface area contributed by atoms with Crippen molar-refractivity contribution in [2.24, 2.45) is 11.8 Å². The van der Waals surface area contributed by atoms with Gasteiger partial charge in [0.1, 0.15) is 12.2 Å². The molecule has 2 atom stereocenters. The summed E-state index contributed by atoms with van der Waals surface area (Å²) in [5.41, 5.74) is 0. The summed E-state index contributed by atoms with van der Waals surface area (Å²) >= 11 is 0. The van der Waals surface area contributed by atoms with Crippen LogP contribution in [0.2, 0.25) is 0 Å². The molecule has 0 heterocycles. The maximum absolute atomic E-state index is 11.9. The summed E-state index contributed by atoms with van der Waals surface area (Å²) in [6, 6.07) is 0. The van der Waals surface area contributed by atoms with Crippen molar-refractivity contribution in [3.63, 3.8) is 0 Å². The average Bonchev–Trinajstić information content (AvgIpc) is 2.68. The van der Waals surface area contributed by atoms with Crippen LogP contribution < -0.4 is 0 Å². The van der Waals surface area contributed by atoms with E-state index in [9.17, 15) is 9.59 Å². The Hall–Kier alpha value is -1.46. The molecule has 6 heteroatoms. The number of unbranched alkanes of at least 4 members (excludes halogenated alkanes) is 6. The lowest BCUT2D eigenvalue weighted by Crippen LogP contribution is -2.32. The predicted molar refractivity (Wildman–Crippen MR) is 118 cm³/mol. The second-order valence-corrected chi connectivity index (χ2v) is 9.36. The molecule has 6 nitrogen and oxygen atoms in total. The first-order valence-corrected chi connectivity index (χ1v) is 12.0. The van der Waals surface area contributed by atoms with Gasteiger partial charge in [-0.05, 0) is 37.5 Å². The Labute approximate surface area is 183 Å². The van der Waals surface area contributed by atoms with E-state index in [-0.39, 0.29) is 18.1 Å². The third kappa shape index (κ3) is 14.5. The number of ether oxygens (including phenoxy) is 4. The first-order chi connectivity index (χ1) is 14.4.